The van der Waals surface area contributed by atoms with Gasteiger partial charge in [0.25, 0.3) is 0 Å². The van der Waals surface area contributed by atoms with E-state index in [-0.39, 0.29) is 13.2 Å². The van der Waals surface area contributed by atoms with Crippen molar-refractivity contribution in [2.45, 2.75) is 39.0 Å². The van der Waals surface area contributed by atoms with Crippen molar-refractivity contribution >= 4 is 28.9 Å². The molecular formula is C34H34Cl2N10O4. The molecule has 0 saturated carbocycles. The maximum atomic E-state index is 6.93. The van der Waals surface area contributed by atoms with Crippen molar-refractivity contribution in [2.24, 2.45) is 15.4 Å². The third kappa shape index (κ3) is 8.69. The number of tetrazole rings is 1. The van der Waals surface area contributed by atoms with Crippen LogP contribution in [-0.2, 0) is 32.6 Å². The molecule has 2 aromatic carbocycles. The van der Waals surface area contributed by atoms with Crippen LogP contribution in [0.1, 0.15) is 34.5 Å². The number of benzene rings is 2. The van der Waals surface area contributed by atoms with Gasteiger partial charge in [0, 0.05) is 65.0 Å². The minimum Gasteiger partial charge on any atom is -0.481 e. The second kappa shape index (κ2) is 17.0. The second-order valence-corrected chi connectivity index (χ2v) is 11.9. The molecular weight excluding hydrogens is 683 g/mol. The first-order valence-corrected chi connectivity index (χ1v) is 16.5. The van der Waals surface area contributed by atoms with Crippen LogP contribution in [0.2, 0.25) is 10.0 Å². The Morgan fingerprint density at radius 3 is 1.96 bits per heavy atom. The number of aromatic nitrogens is 6. The molecule has 258 valence electrons. The van der Waals surface area contributed by atoms with Crippen LogP contribution in [-0.4, -0.2) is 63.6 Å². The Morgan fingerprint density at radius 1 is 0.740 bits per heavy atom. The van der Waals surface area contributed by atoms with E-state index in [1.165, 1.54) is 0 Å². The van der Waals surface area contributed by atoms with Crippen LogP contribution < -0.4 is 24.3 Å². The van der Waals surface area contributed by atoms with Gasteiger partial charge in [0.05, 0.1) is 30.0 Å². The molecule has 1 aliphatic rings. The maximum Gasteiger partial charge on any atom is 0.220 e. The summed E-state index contributed by atoms with van der Waals surface area (Å²) in [7, 11) is 3.16. The Hall–Kier alpha value is -5.18. The van der Waals surface area contributed by atoms with Crippen molar-refractivity contribution in [3.63, 3.8) is 0 Å². The summed E-state index contributed by atoms with van der Waals surface area (Å²) < 4.78 is 23.1. The zero-order valence-corrected chi connectivity index (χ0v) is 28.9. The molecule has 0 bridgehead atoms. The highest BCUT2D eigenvalue weighted by Crippen LogP contribution is 2.37. The fourth-order valence-electron chi connectivity index (χ4n) is 5.24. The van der Waals surface area contributed by atoms with Crippen LogP contribution in [0.15, 0.2) is 76.1 Å². The number of aryl methyl sites for hydroxylation is 2. The predicted molar refractivity (Wildman–Crippen MR) is 187 cm³/mol. The van der Waals surface area contributed by atoms with Gasteiger partial charge in [0.2, 0.25) is 23.5 Å². The topological polar surface area (TPSA) is 166 Å². The van der Waals surface area contributed by atoms with Gasteiger partial charge in [-0.05, 0) is 30.2 Å². The van der Waals surface area contributed by atoms with Gasteiger partial charge >= 0.3 is 0 Å². The summed E-state index contributed by atoms with van der Waals surface area (Å²) in [6.07, 6.45) is 2.25. The fraction of sp³-hybridized carbons (Fsp3) is 0.294. The molecule has 16 heteroatoms. The summed E-state index contributed by atoms with van der Waals surface area (Å²) in [6.45, 7) is 2.01. The summed E-state index contributed by atoms with van der Waals surface area (Å²) in [4.78, 5) is 9.07. The minimum absolute atomic E-state index is 0.189. The molecule has 5 aromatic rings. The van der Waals surface area contributed by atoms with E-state index in [2.05, 4.69) is 51.3 Å². The lowest BCUT2D eigenvalue weighted by molar-refractivity contribution is 0.286. The predicted octanol–water partition coefficient (Wildman–Crippen LogP) is 6.23. The number of H-pyrrole nitrogens is 1. The molecule has 14 nitrogen and oxygen atoms in total. The molecule has 1 aliphatic heterocycles. The van der Waals surface area contributed by atoms with Crippen LogP contribution in [0.4, 0.5) is 0 Å². The Labute approximate surface area is 298 Å². The summed E-state index contributed by atoms with van der Waals surface area (Å²) in [5.41, 5.74) is 5.80. The van der Waals surface area contributed by atoms with Gasteiger partial charge < -0.3 is 24.3 Å². The van der Waals surface area contributed by atoms with Crippen LogP contribution in [0.25, 0.3) is 11.1 Å². The lowest BCUT2D eigenvalue weighted by atomic mass is 10.0. The fourth-order valence-corrected chi connectivity index (χ4v) is 5.81. The highest BCUT2D eigenvalue weighted by Gasteiger charge is 2.16. The van der Waals surface area contributed by atoms with E-state index in [4.69, 9.17) is 42.1 Å². The van der Waals surface area contributed by atoms with Crippen molar-refractivity contribution in [2.75, 3.05) is 27.3 Å². The molecule has 0 unspecified atom stereocenters. The first-order valence-electron chi connectivity index (χ1n) is 15.8. The molecule has 0 radical (unpaired) electrons. The molecule has 0 atom stereocenters. The molecule has 4 heterocycles. The van der Waals surface area contributed by atoms with Crippen molar-refractivity contribution in [1.82, 2.24) is 35.9 Å². The molecule has 0 aliphatic carbocycles. The molecule has 0 spiro atoms. The lowest BCUT2D eigenvalue weighted by Crippen LogP contribution is -2.23. The normalized spacial score (nSPS) is 12.2. The van der Waals surface area contributed by atoms with Crippen LogP contribution >= 0.6 is 23.2 Å². The van der Waals surface area contributed by atoms with Crippen molar-refractivity contribution in [3.8, 4) is 34.6 Å². The lowest BCUT2D eigenvalue weighted by Gasteiger charge is -2.15. The maximum absolute atomic E-state index is 6.93. The van der Waals surface area contributed by atoms with Gasteiger partial charge in [-0.2, -0.15) is 20.3 Å². The molecule has 50 heavy (non-hydrogen) atoms. The van der Waals surface area contributed by atoms with Gasteiger partial charge in [0.1, 0.15) is 19.8 Å². The second-order valence-electron chi connectivity index (χ2n) is 11.1. The van der Waals surface area contributed by atoms with Gasteiger partial charge in [-0.3, -0.25) is 0 Å². The number of pyridine rings is 2. The first kappa shape index (κ1) is 34.7. The van der Waals surface area contributed by atoms with Gasteiger partial charge in [-0.15, -0.1) is 15.3 Å². The third-order valence-corrected chi connectivity index (χ3v) is 8.69. The molecule has 0 fully saturated rings. The van der Waals surface area contributed by atoms with E-state index in [0.717, 1.165) is 51.9 Å². The first-order chi connectivity index (χ1) is 24.5. The number of hydrogen-bond acceptors (Lipinski definition) is 13. The number of halogens is 2. The Balaban J connectivity index is 1.08. The Morgan fingerprint density at radius 2 is 1.38 bits per heavy atom. The number of rotatable bonds is 17. The van der Waals surface area contributed by atoms with Crippen molar-refractivity contribution < 1.29 is 18.9 Å². The number of aromatic amines is 1. The summed E-state index contributed by atoms with van der Waals surface area (Å²) in [6, 6.07) is 19.0. The van der Waals surface area contributed by atoms with Gasteiger partial charge in [-0.1, -0.05) is 64.8 Å². The van der Waals surface area contributed by atoms with Crippen LogP contribution in [0.5, 0.6) is 23.5 Å². The number of nitrogens with zero attached hydrogens (tertiary/aromatic N) is 8. The SMILES string of the molecule is COc1nc(OCc2cccc(-c3cccc(COc4ccc(CNCC5=NN=NC5)c(OC)n4)c3Cl)c2Cl)ccc1CCCc1nn[nH]n1. The largest absolute Gasteiger partial charge is 0.481 e. The summed E-state index contributed by atoms with van der Waals surface area (Å²) in [5, 5.41) is 29.9. The van der Waals surface area contributed by atoms with Gasteiger partial charge in [0.15, 0.2) is 5.82 Å². The van der Waals surface area contributed by atoms with Crippen molar-refractivity contribution in [3.05, 3.63) is 98.8 Å². The molecule has 0 saturated heterocycles. The Bertz CT molecular complexity index is 1970. The van der Waals surface area contributed by atoms with E-state index in [9.17, 15) is 0 Å². The van der Waals surface area contributed by atoms with E-state index >= 15 is 0 Å². The number of nitrogens with one attached hydrogen (secondary N) is 2. The standard InChI is InChI=1S/C34H34Cl2N10O4/c1-47-33-21(6-5-11-28-42-45-46-43-28)12-14-29(39-33)49-19-23-7-3-9-26(31(23)35)27-10-4-8-24(32(27)36)20-50-30-15-13-22(34(40-30)48-2)16-37-17-25-18-38-44-41-25/h3-4,7-10,12-15,37H,5-6,11,16-20H2,1-2H3,(H,42,43,45,46). The minimum atomic E-state index is 0.189. The van der Waals surface area contributed by atoms with Crippen LogP contribution in [0, 0.1) is 0 Å². The number of methoxy groups -OCH3 is 2. The highest BCUT2D eigenvalue weighted by molar-refractivity contribution is 6.37. The molecule has 3 aromatic heterocycles. The van der Waals surface area contributed by atoms with E-state index in [1.807, 2.05) is 54.6 Å². The average Bonchev–Trinajstić information content (AvgIpc) is 3.87. The summed E-state index contributed by atoms with van der Waals surface area (Å²) >= 11 is 13.9. The van der Waals surface area contributed by atoms with Gasteiger partial charge in [-0.25, -0.2) is 0 Å². The van der Waals surface area contributed by atoms with Crippen molar-refractivity contribution in [1.29, 1.82) is 0 Å². The monoisotopic (exact) mass is 716 g/mol. The molecule has 2 N–H and O–H groups in total. The molecule has 6 rings (SSSR count). The Kier molecular flexibility index (Phi) is 11.8. The zero-order chi connectivity index (χ0) is 34.7. The van der Waals surface area contributed by atoms with E-state index in [0.29, 0.717) is 65.4 Å². The average molecular weight is 718 g/mol. The molecule has 0 amide bonds. The number of ether oxygens (including phenoxy) is 4. The number of hydrogen-bond donors (Lipinski definition) is 2. The van der Waals surface area contributed by atoms with E-state index < -0.39 is 0 Å². The summed E-state index contributed by atoms with van der Waals surface area (Å²) in [5.74, 6) is 2.46. The van der Waals surface area contributed by atoms with Crippen LogP contribution in [0.3, 0.4) is 0 Å². The third-order valence-electron chi connectivity index (χ3n) is 7.80. The van der Waals surface area contributed by atoms with E-state index in [1.54, 1.807) is 20.3 Å². The highest BCUT2D eigenvalue weighted by atomic mass is 35.5. The quantitative estimate of drug-likeness (QED) is 0.113. The zero-order valence-electron chi connectivity index (χ0n) is 27.4. The smallest absolute Gasteiger partial charge is 0.220 e.